The SMILES string of the molecule is CC(=O)c1cc(C(=O)c2cccs2)c(Cl)c(Cl)c1O. The van der Waals surface area contributed by atoms with Gasteiger partial charge < -0.3 is 5.11 Å². The number of hydrogen-bond donors (Lipinski definition) is 1. The summed E-state index contributed by atoms with van der Waals surface area (Å²) in [4.78, 5) is 24.1. The molecule has 0 aliphatic heterocycles. The van der Waals surface area contributed by atoms with Gasteiger partial charge in [0.1, 0.15) is 10.8 Å². The molecule has 1 heterocycles. The summed E-state index contributed by atoms with van der Waals surface area (Å²) in [6.07, 6.45) is 0. The van der Waals surface area contributed by atoms with Crippen LogP contribution in [0.1, 0.15) is 32.5 Å². The normalized spacial score (nSPS) is 10.5. The number of thiophene rings is 1. The summed E-state index contributed by atoms with van der Waals surface area (Å²) in [7, 11) is 0. The van der Waals surface area contributed by atoms with Crippen molar-refractivity contribution in [3.05, 3.63) is 49.6 Å². The zero-order valence-electron chi connectivity index (χ0n) is 9.74. The Morgan fingerprint density at radius 3 is 2.42 bits per heavy atom. The molecule has 0 aliphatic rings. The number of phenolic OH excluding ortho intramolecular Hbond substituents is 1. The van der Waals surface area contributed by atoms with Crippen molar-refractivity contribution in [1.82, 2.24) is 0 Å². The van der Waals surface area contributed by atoms with Gasteiger partial charge >= 0.3 is 0 Å². The number of carbonyl (C=O) groups excluding carboxylic acids is 2. The first-order chi connectivity index (χ1) is 8.93. The van der Waals surface area contributed by atoms with Crippen LogP contribution in [-0.2, 0) is 0 Å². The zero-order chi connectivity index (χ0) is 14.2. The van der Waals surface area contributed by atoms with Gasteiger partial charge in [0.2, 0.25) is 5.78 Å². The maximum absolute atomic E-state index is 12.2. The lowest BCUT2D eigenvalue weighted by atomic mass is 10.0. The van der Waals surface area contributed by atoms with Crippen molar-refractivity contribution < 1.29 is 14.7 Å². The molecular formula is C13H8Cl2O3S. The third-order valence-corrected chi connectivity index (χ3v) is 4.28. The summed E-state index contributed by atoms with van der Waals surface area (Å²) < 4.78 is 0. The van der Waals surface area contributed by atoms with Crippen molar-refractivity contribution in [1.29, 1.82) is 0 Å². The number of Topliss-reactive ketones (excluding diaryl/α,β-unsaturated/α-hetero) is 1. The molecule has 2 aromatic rings. The minimum absolute atomic E-state index is 0.0192. The van der Waals surface area contributed by atoms with E-state index >= 15 is 0 Å². The molecule has 0 spiro atoms. The van der Waals surface area contributed by atoms with Crippen molar-refractivity contribution in [2.75, 3.05) is 0 Å². The van der Waals surface area contributed by atoms with Crippen LogP contribution in [0.25, 0.3) is 0 Å². The lowest BCUT2D eigenvalue weighted by Gasteiger charge is -2.09. The molecule has 2 rings (SSSR count). The summed E-state index contributed by atoms with van der Waals surface area (Å²) in [5, 5.41) is 11.3. The van der Waals surface area contributed by atoms with Gasteiger partial charge in [-0.15, -0.1) is 11.3 Å². The Morgan fingerprint density at radius 2 is 1.89 bits per heavy atom. The number of ketones is 2. The van der Waals surface area contributed by atoms with E-state index in [1.54, 1.807) is 17.5 Å². The van der Waals surface area contributed by atoms with Crippen LogP contribution in [0.2, 0.25) is 10.0 Å². The molecule has 19 heavy (non-hydrogen) atoms. The van der Waals surface area contributed by atoms with Gasteiger partial charge in [-0.1, -0.05) is 29.3 Å². The highest BCUT2D eigenvalue weighted by Crippen LogP contribution is 2.38. The van der Waals surface area contributed by atoms with Crippen LogP contribution >= 0.6 is 34.5 Å². The van der Waals surface area contributed by atoms with Crippen LogP contribution in [0.15, 0.2) is 23.6 Å². The average molecular weight is 315 g/mol. The first kappa shape index (κ1) is 14.1. The molecule has 1 aromatic heterocycles. The molecule has 0 radical (unpaired) electrons. The predicted molar refractivity (Wildman–Crippen MR) is 75.9 cm³/mol. The van der Waals surface area contributed by atoms with Crippen LogP contribution in [-0.4, -0.2) is 16.7 Å². The number of phenols is 1. The molecule has 0 unspecified atom stereocenters. The van der Waals surface area contributed by atoms with Gasteiger partial charge in [0.05, 0.1) is 15.5 Å². The van der Waals surface area contributed by atoms with Crippen molar-refractivity contribution in [3.63, 3.8) is 0 Å². The van der Waals surface area contributed by atoms with Gasteiger partial charge in [-0.25, -0.2) is 0 Å². The van der Waals surface area contributed by atoms with E-state index in [0.29, 0.717) is 4.88 Å². The van der Waals surface area contributed by atoms with Gasteiger partial charge in [-0.3, -0.25) is 9.59 Å². The van der Waals surface area contributed by atoms with Crippen molar-refractivity contribution in [3.8, 4) is 5.75 Å². The van der Waals surface area contributed by atoms with E-state index < -0.39 is 11.5 Å². The second-order valence-electron chi connectivity index (χ2n) is 3.81. The maximum atomic E-state index is 12.2. The summed E-state index contributed by atoms with van der Waals surface area (Å²) >= 11 is 13.1. The van der Waals surface area contributed by atoms with E-state index in [-0.39, 0.29) is 27.0 Å². The van der Waals surface area contributed by atoms with E-state index in [1.807, 2.05) is 0 Å². The quantitative estimate of drug-likeness (QED) is 0.864. The standard InChI is InChI=1S/C13H8Cl2O3S/c1-6(16)7-5-8(10(14)11(15)13(7)18)12(17)9-3-2-4-19-9/h2-5,18H,1H3. The van der Waals surface area contributed by atoms with E-state index in [1.165, 1.54) is 24.3 Å². The smallest absolute Gasteiger partial charge is 0.204 e. The van der Waals surface area contributed by atoms with Gasteiger partial charge in [-0.2, -0.15) is 0 Å². The van der Waals surface area contributed by atoms with Crippen LogP contribution in [0.3, 0.4) is 0 Å². The molecule has 3 nitrogen and oxygen atoms in total. The third-order valence-electron chi connectivity index (χ3n) is 2.55. The Hall–Kier alpha value is -1.36. The predicted octanol–water partition coefficient (Wildman–Crippen LogP) is 4.19. The number of benzene rings is 1. The van der Waals surface area contributed by atoms with E-state index in [4.69, 9.17) is 23.2 Å². The first-order valence-corrected chi connectivity index (χ1v) is 6.87. The minimum atomic E-state index is -0.401. The topological polar surface area (TPSA) is 54.4 Å². The second kappa shape index (κ2) is 5.33. The summed E-state index contributed by atoms with van der Waals surface area (Å²) in [5.74, 6) is -1.12. The zero-order valence-corrected chi connectivity index (χ0v) is 12.1. The molecule has 0 fully saturated rings. The third kappa shape index (κ3) is 2.52. The van der Waals surface area contributed by atoms with Gasteiger partial charge in [0.25, 0.3) is 0 Å². The van der Waals surface area contributed by atoms with Crippen LogP contribution in [0.5, 0.6) is 5.75 Å². The molecule has 0 amide bonds. The van der Waals surface area contributed by atoms with Gasteiger partial charge in [0, 0.05) is 5.56 Å². The van der Waals surface area contributed by atoms with Crippen molar-refractivity contribution in [2.24, 2.45) is 0 Å². The second-order valence-corrected chi connectivity index (χ2v) is 5.51. The number of hydrogen-bond acceptors (Lipinski definition) is 4. The molecule has 0 saturated heterocycles. The Kier molecular flexibility index (Phi) is 3.94. The highest BCUT2D eigenvalue weighted by molar-refractivity contribution is 7.12. The van der Waals surface area contributed by atoms with E-state index in [0.717, 1.165) is 0 Å². The fourth-order valence-electron chi connectivity index (χ4n) is 1.59. The summed E-state index contributed by atoms with van der Waals surface area (Å²) in [6.45, 7) is 1.28. The first-order valence-electron chi connectivity index (χ1n) is 5.23. The van der Waals surface area contributed by atoms with Crippen LogP contribution < -0.4 is 0 Å². The van der Waals surface area contributed by atoms with E-state index in [9.17, 15) is 14.7 Å². The van der Waals surface area contributed by atoms with Crippen LogP contribution in [0.4, 0.5) is 0 Å². The number of carbonyl (C=O) groups is 2. The summed E-state index contributed by atoms with van der Waals surface area (Å²) in [5.41, 5.74) is 0.0893. The number of aromatic hydroxyl groups is 1. The summed E-state index contributed by atoms with van der Waals surface area (Å²) in [6, 6.07) is 4.66. The largest absolute Gasteiger partial charge is 0.506 e. The van der Waals surface area contributed by atoms with Crippen molar-refractivity contribution >= 4 is 46.1 Å². The highest BCUT2D eigenvalue weighted by Gasteiger charge is 2.22. The Balaban J connectivity index is 2.64. The Morgan fingerprint density at radius 1 is 1.21 bits per heavy atom. The molecule has 1 aromatic carbocycles. The molecule has 1 N–H and O–H groups in total. The maximum Gasteiger partial charge on any atom is 0.204 e. The van der Waals surface area contributed by atoms with E-state index in [2.05, 4.69) is 0 Å². The molecule has 0 saturated carbocycles. The Bertz CT molecular complexity index is 663. The Labute approximate surface area is 123 Å². The monoisotopic (exact) mass is 314 g/mol. The van der Waals surface area contributed by atoms with Crippen LogP contribution in [0, 0.1) is 0 Å². The highest BCUT2D eigenvalue weighted by atomic mass is 35.5. The van der Waals surface area contributed by atoms with Gasteiger partial charge in [-0.05, 0) is 24.4 Å². The molecule has 6 heteroatoms. The lowest BCUT2D eigenvalue weighted by Crippen LogP contribution is -2.04. The fourth-order valence-corrected chi connectivity index (χ4v) is 2.70. The molecular weight excluding hydrogens is 307 g/mol. The minimum Gasteiger partial charge on any atom is -0.506 e. The lowest BCUT2D eigenvalue weighted by molar-refractivity contribution is 0.101. The molecule has 0 bridgehead atoms. The fraction of sp³-hybridized carbons (Fsp3) is 0.0769. The molecule has 0 aliphatic carbocycles. The average Bonchev–Trinajstić information content (AvgIpc) is 2.89. The number of rotatable bonds is 3. The molecule has 0 atom stereocenters. The molecule has 98 valence electrons. The van der Waals surface area contributed by atoms with Crippen molar-refractivity contribution in [2.45, 2.75) is 6.92 Å². The van der Waals surface area contributed by atoms with Gasteiger partial charge in [0.15, 0.2) is 5.78 Å². The number of halogens is 2.